The van der Waals surface area contributed by atoms with Crippen molar-refractivity contribution in [1.29, 1.82) is 0 Å². The Hall–Kier alpha value is -3.86. The second kappa shape index (κ2) is 12.4. The van der Waals surface area contributed by atoms with Crippen molar-refractivity contribution in [1.82, 2.24) is 14.7 Å². The summed E-state index contributed by atoms with van der Waals surface area (Å²) in [6, 6.07) is 19.9. The fraction of sp³-hybridized carbons (Fsp3) is 0.375. The molecule has 0 N–H and O–H groups in total. The van der Waals surface area contributed by atoms with Gasteiger partial charge in [0.25, 0.3) is 5.91 Å². The lowest BCUT2D eigenvalue weighted by atomic mass is 9.84. The SMILES string of the molecule is O=C(Cc1ccccc1)N1CCN(C2CCN(C(=O)c3cc(C(F)(F)F)cc(C(F)(F)F)c3)CC2c2ccccc2)CC1. The molecule has 5 rings (SSSR count). The van der Waals surface area contributed by atoms with Gasteiger partial charge in [0.05, 0.1) is 17.5 Å². The van der Waals surface area contributed by atoms with Gasteiger partial charge in [-0.3, -0.25) is 14.5 Å². The van der Waals surface area contributed by atoms with E-state index in [1.807, 2.05) is 65.6 Å². The Morgan fingerprint density at radius 2 is 1.26 bits per heavy atom. The number of nitrogens with zero attached hydrogens (tertiary/aromatic N) is 3. The molecule has 2 unspecified atom stereocenters. The minimum atomic E-state index is -5.04. The largest absolute Gasteiger partial charge is 0.416 e. The molecule has 228 valence electrons. The van der Waals surface area contributed by atoms with Gasteiger partial charge in [-0.2, -0.15) is 26.3 Å². The second-order valence-electron chi connectivity index (χ2n) is 11.0. The van der Waals surface area contributed by atoms with Crippen LogP contribution >= 0.6 is 0 Å². The molecule has 0 aliphatic carbocycles. The number of hydrogen-bond donors (Lipinski definition) is 0. The van der Waals surface area contributed by atoms with Crippen molar-refractivity contribution in [3.05, 3.63) is 107 Å². The van der Waals surface area contributed by atoms with E-state index in [-0.39, 0.29) is 37.0 Å². The Balaban J connectivity index is 1.32. The zero-order valence-corrected chi connectivity index (χ0v) is 23.2. The maximum absolute atomic E-state index is 13.4. The van der Waals surface area contributed by atoms with Gasteiger partial charge in [-0.15, -0.1) is 0 Å². The summed E-state index contributed by atoms with van der Waals surface area (Å²) in [4.78, 5) is 31.8. The third kappa shape index (κ3) is 7.21. The first-order chi connectivity index (χ1) is 20.4. The molecule has 0 spiro atoms. The molecule has 2 saturated heterocycles. The van der Waals surface area contributed by atoms with Gasteiger partial charge in [0.1, 0.15) is 0 Å². The van der Waals surface area contributed by atoms with Crippen molar-refractivity contribution in [2.75, 3.05) is 39.3 Å². The van der Waals surface area contributed by atoms with Crippen LogP contribution in [0.1, 0.15) is 45.0 Å². The summed E-state index contributed by atoms with van der Waals surface area (Å²) in [6.45, 7) is 2.62. The molecular weight excluding hydrogens is 572 g/mol. The summed E-state index contributed by atoms with van der Waals surface area (Å²) in [5.74, 6) is -1.05. The molecule has 11 heteroatoms. The quantitative estimate of drug-likeness (QED) is 0.331. The first-order valence-electron chi connectivity index (χ1n) is 14.1. The highest BCUT2D eigenvalue weighted by Crippen LogP contribution is 2.38. The number of carbonyl (C=O) groups excluding carboxylic acids is 2. The van der Waals surface area contributed by atoms with Crippen LogP contribution in [0.15, 0.2) is 78.9 Å². The van der Waals surface area contributed by atoms with Crippen molar-refractivity contribution in [3.63, 3.8) is 0 Å². The summed E-state index contributed by atoms with van der Waals surface area (Å²) in [6.07, 6.45) is -9.28. The molecule has 0 saturated carbocycles. The molecule has 0 bridgehead atoms. The topological polar surface area (TPSA) is 43.9 Å². The fourth-order valence-electron chi connectivity index (χ4n) is 6.04. The number of amides is 2. The van der Waals surface area contributed by atoms with E-state index in [4.69, 9.17) is 0 Å². The highest BCUT2D eigenvalue weighted by Gasteiger charge is 2.40. The van der Waals surface area contributed by atoms with Gasteiger partial charge in [-0.05, 0) is 35.7 Å². The van der Waals surface area contributed by atoms with Crippen LogP contribution in [0.4, 0.5) is 26.3 Å². The van der Waals surface area contributed by atoms with E-state index in [2.05, 4.69) is 4.90 Å². The molecule has 0 aromatic heterocycles. The molecule has 2 atom stereocenters. The van der Waals surface area contributed by atoms with Crippen LogP contribution in [0.5, 0.6) is 0 Å². The van der Waals surface area contributed by atoms with Gasteiger partial charge in [0.15, 0.2) is 0 Å². The molecule has 0 radical (unpaired) electrons. The minimum absolute atomic E-state index is 0.0231. The monoisotopic (exact) mass is 603 g/mol. The van der Waals surface area contributed by atoms with Crippen LogP contribution in [0.3, 0.4) is 0 Å². The maximum Gasteiger partial charge on any atom is 0.416 e. The lowest BCUT2D eigenvalue weighted by Gasteiger charge is -2.47. The second-order valence-corrected chi connectivity index (χ2v) is 11.0. The maximum atomic E-state index is 13.4. The summed E-state index contributed by atoms with van der Waals surface area (Å²) in [5, 5.41) is 0. The van der Waals surface area contributed by atoms with E-state index < -0.39 is 35.0 Å². The van der Waals surface area contributed by atoms with Crippen LogP contribution < -0.4 is 0 Å². The zero-order valence-electron chi connectivity index (χ0n) is 23.2. The van der Waals surface area contributed by atoms with Gasteiger partial charge < -0.3 is 9.80 Å². The first-order valence-corrected chi connectivity index (χ1v) is 14.1. The fourth-order valence-corrected chi connectivity index (χ4v) is 6.04. The van der Waals surface area contributed by atoms with Gasteiger partial charge in [0.2, 0.25) is 5.91 Å². The minimum Gasteiger partial charge on any atom is -0.340 e. The van der Waals surface area contributed by atoms with E-state index in [0.717, 1.165) is 11.1 Å². The van der Waals surface area contributed by atoms with E-state index in [1.54, 1.807) is 0 Å². The lowest BCUT2D eigenvalue weighted by molar-refractivity contribution is -0.143. The Bertz CT molecular complexity index is 1390. The number of benzene rings is 3. The van der Waals surface area contributed by atoms with Crippen molar-refractivity contribution in [2.24, 2.45) is 0 Å². The molecule has 5 nitrogen and oxygen atoms in total. The standard InChI is InChI=1S/C32H31F6N3O2/c33-31(34,35)25-18-24(19-26(20-25)32(36,37)38)30(43)41-12-11-28(27(21-41)23-9-5-2-6-10-23)39-13-15-40(16-14-39)29(42)17-22-7-3-1-4-8-22/h1-10,18-20,27-28H,11-17,21H2. The van der Waals surface area contributed by atoms with Crippen LogP contribution in [-0.4, -0.2) is 71.8 Å². The van der Waals surface area contributed by atoms with Crippen LogP contribution in [-0.2, 0) is 23.6 Å². The number of piperidine rings is 1. The predicted octanol–water partition coefficient (Wildman–Crippen LogP) is 6.11. The van der Waals surface area contributed by atoms with Crippen molar-refractivity contribution < 1.29 is 35.9 Å². The molecule has 2 aliphatic rings. The molecule has 3 aromatic carbocycles. The van der Waals surface area contributed by atoms with E-state index in [0.29, 0.717) is 51.2 Å². The number of halogens is 6. The van der Waals surface area contributed by atoms with Gasteiger partial charge in [-0.25, -0.2) is 0 Å². The third-order valence-electron chi connectivity index (χ3n) is 8.26. The smallest absolute Gasteiger partial charge is 0.340 e. The average molecular weight is 604 g/mol. The number of rotatable bonds is 5. The summed E-state index contributed by atoms with van der Waals surface area (Å²) < 4.78 is 80.7. The van der Waals surface area contributed by atoms with Crippen molar-refractivity contribution >= 4 is 11.8 Å². The first kappa shape index (κ1) is 30.6. The molecule has 3 aromatic rings. The van der Waals surface area contributed by atoms with Crippen LogP contribution in [0, 0.1) is 0 Å². The van der Waals surface area contributed by atoms with Gasteiger partial charge >= 0.3 is 12.4 Å². The Morgan fingerprint density at radius 3 is 1.81 bits per heavy atom. The summed E-state index contributed by atoms with van der Waals surface area (Å²) in [5.41, 5.74) is -1.80. The van der Waals surface area contributed by atoms with E-state index in [1.165, 1.54) is 4.90 Å². The number of piperazine rings is 1. The number of alkyl halides is 6. The molecular formula is C32H31F6N3O2. The third-order valence-corrected chi connectivity index (χ3v) is 8.26. The summed E-state index contributed by atoms with van der Waals surface area (Å²) >= 11 is 0. The number of hydrogen-bond acceptors (Lipinski definition) is 3. The number of carbonyl (C=O) groups is 2. The highest BCUT2D eigenvalue weighted by atomic mass is 19.4. The lowest BCUT2D eigenvalue weighted by Crippen LogP contribution is -2.57. The molecule has 2 aliphatic heterocycles. The van der Waals surface area contributed by atoms with Gasteiger partial charge in [-0.1, -0.05) is 60.7 Å². The normalized spacial score (nSPS) is 20.2. The van der Waals surface area contributed by atoms with E-state index >= 15 is 0 Å². The molecule has 43 heavy (non-hydrogen) atoms. The summed E-state index contributed by atoms with van der Waals surface area (Å²) in [7, 11) is 0. The van der Waals surface area contributed by atoms with Crippen LogP contribution in [0.25, 0.3) is 0 Å². The highest BCUT2D eigenvalue weighted by molar-refractivity contribution is 5.95. The van der Waals surface area contributed by atoms with Gasteiger partial charge in [0, 0.05) is 56.8 Å². The molecule has 2 fully saturated rings. The van der Waals surface area contributed by atoms with Crippen molar-refractivity contribution in [2.45, 2.75) is 37.2 Å². The predicted molar refractivity (Wildman–Crippen MR) is 148 cm³/mol. The molecule has 2 amide bonds. The Morgan fingerprint density at radius 1 is 0.698 bits per heavy atom. The van der Waals surface area contributed by atoms with E-state index in [9.17, 15) is 35.9 Å². The number of likely N-dealkylation sites (tertiary alicyclic amines) is 1. The zero-order chi connectivity index (χ0) is 30.8. The molecule has 2 heterocycles. The Kier molecular flexibility index (Phi) is 8.82. The average Bonchev–Trinajstić information content (AvgIpc) is 3.00. The van der Waals surface area contributed by atoms with Crippen molar-refractivity contribution in [3.8, 4) is 0 Å². The van der Waals surface area contributed by atoms with Crippen LogP contribution in [0.2, 0.25) is 0 Å². The Labute approximate surface area is 245 Å².